The van der Waals surface area contributed by atoms with E-state index in [1.165, 1.54) is 25.1 Å². The third-order valence-electron chi connectivity index (χ3n) is 4.46. The second-order valence-electron chi connectivity index (χ2n) is 6.18. The highest BCUT2D eigenvalue weighted by molar-refractivity contribution is 7.89. The highest BCUT2D eigenvalue weighted by atomic mass is 35.5. The summed E-state index contributed by atoms with van der Waals surface area (Å²) in [6.45, 7) is 1.49. The Balaban J connectivity index is 1.91. The molecule has 0 aromatic heterocycles. The van der Waals surface area contributed by atoms with Gasteiger partial charge in [0.1, 0.15) is 11.6 Å². The van der Waals surface area contributed by atoms with Gasteiger partial charge < -0.3 is 5.32 Å². The van der Waals surface area contributed by atoms with Crippen molar-refractivity contribution in [3.05, 3.63) is 63.7 Å². The summed E-state index contributed by atoms with van der Waals surface area (Å²) in [5, 5.41) is 2.47. The zero-order chi connectivity index (χ0) is 19.8. The molecule has 2 N–H and O–H groups in total. The van der Waals surface area contributed by atoms with Crippen molar-refractivity contribution < 1.29 is 22.0 Å². The molecule has 0 aliphatic heterocycles. The zero-order valence-corrected chi connectivity index (χ0v) is 15.9. The summed E-state index contributed by atoms with van der Waals surface area (Å²) < 4.78 is 53.8. The maximum Gasteiger partial charge on any atom is 0.255 e. The molecule has 144 valence electrons. The SMILES string of the molecule is CCS(=O)(=O)N[C@H]1CCc2c(C(=O)Nc3ccc(F)c(Cl)c3)ccc(F)c21. The predicted octanol–water partition coefficient (Wildman–Crippen LogP) is 3.80. The van der Waals surface area contributed by atoms with Gasteiger partial charge in [0.25, 0.3) is 5.91 Å². The van der Waals surface area contributed by atoms with E-state index in [1.807, 2.05) is 0 Å². The first-order valence-corrected chi connectivity index (χ1v) is 10.3. The van der Waals surface area contributed by atoms with Gasteiger partial charge in [0.05, 0.1) is 16.8 Å². The Morgan fingerprint density at radius 1 is 1.22 bits per heavy atom. The van der Waals surface area contributed by atoms with E-state index in [0.717, 1.165) is 12.1 Å². The third kappa shape index (κ3) is 4.12. The van der Waals surface area contributed by atoms with E-state index in [-0.39, 0.29) is 21.9 Å². The lowest BCUT2D eigenvalue weighted by Crippen LogP contribution is -2.29. The molecule has 5 nitrogen and oxygen atoms in total. The minimum absolute atomic E-state index is 0.119. The fourth-order valence-electron chi connectivity index (χ4n) is 3.12. The van der Waals surface area contributed by atoms with Crippen LogP contribution in [0, 0.1) is 11.6 Å². The maximum atomic E-state index is 14.4. The Labute approximate surface area is 160 Å². The van der Waals surface area contributed by atoms with Gasteiger partial charge >= 0.3 is 0 Å². The molecule has 0 saturated heterocycles. The van der Waals surface area contributed by atoms with Gasteiger partial charge in [-0.2, -0.15) is 0 Å². The fourth-order valence-corrected chi connectivity index (χ4v) is 4.13. The second-order valence-corrected chi connectivity index (χ2v) is 8.63. The van der Waals surface area contributed by atoms with Crippen LogP contribution in [0.15, 0.2) is 30.3 Å². The van der Waals surface area contributed by atoms with E-state index in [9.17, 15) is 22.0 Å². The van der Waals surface area contributed by atoms with Gasteiger partial charge in [0, 0.05) is 16.8 Å². The molecule has 27 heavy (non-hydrogen) atoms. The van der Waals surface area contributed by atoms with Crippen LogP contribution in [0.3, 0.4) is 0 Å². The molecule has 0 radical (unpaired) electrons. The van der Waals surface area contributed by atoms with Gasteiger partial charge in [-0.3, -0.25) is 4.79 Å². The molecule has 1 aliphatic carbocycles. The molecule has 1 amide bonds. The molecule has 0 spiro atoms. The molecule has 1 atom stereocenters. The van der Waals surface area contributed by atoms with Crippen molar-refractivity contribution in [2.75, 3.05) is 11.1 Å². The van der Waals surface area contributed by atoms with E-state index >= 15 is 0 Å². The summed E-state index contributed by atoms with van der Waals surface area (Å²) in [4.78, 5) is 12.6. The van der Waals surface area contributed by atoms with E-state index < -0.39 is 33.6 Å². The molecule has 0 bridgehead atoms. The lowest BCUT2D eigenvalue weighted by atomic mass is 10.0. The van der Waals surface area contributed by atoms with Gasteiger partial charge in [0.2, 0.25) is 10.0 Å². The van der Waals surface area contributed by atoms with Gasteiger partial charge in [-0.15, -0.1) is 0 Å². The number of benzene rings is 2. The monoisotopic (exact) mass is 414 g/mol. The number of hydrogen-bond donors (Lipinski definition) is 2. The summed E-state index contributed by atoms with van der Waals surface area (Å²) in [5.41, 5.74) is 1.19. The average Bonchev–Trinajstić information content (AvgIpc) is 3.02. The standard InChI is InChI=1S/C18H17ClF2N2O3S/c1-2-27(25,26)23-16-8-5-11-12(4-7-15(21)17(11)16)18(24)22-10-3-6-14(20)13(19)9-10/h3-4,6-7,9,16,23H,2,5,8H2,1H3,(H,22,24)/t16-/m0/s1. The van der Waals surface area contributed by atoms with E-state index in [0.29, 0.717) is 24.1 Å². The summed E-state index contributed by atoms with van der Waals surface area (Å²) in [7, 11) is -3.52. The summed E-state index contributed by atoms with van der Waals surface area (Å²) in [6, 6.07) is 5.55. The Hall–Kier alpha value is -2.03. The smallest absolute Gasteiger partial charge is 0.255 e. The first kappa shape index (κ1) is 19.7. The summed E-state index contributed by atoms with van der Waals surface area (Å²) in [5.74, 6) is -1.80. The van der Waals surface area contributed by atoms with Crippen LogP contribution in [0.2, 0.25) is 5.02 Å². The molecule has 2 aromatic carbocycles. The maximum absolute atomic E-state index is 14.4. The van der Waals surface area contributed by atoms with E-state index in [2.05, 4.69) is 10.0 Å². The number of carbonyl (C=O) groups is 1. The molecule has 1 aliphatic rings. The second kappa shape index (κ2) is 7.53. The predicted molar refractivity (Wildman–Crippen MR) is 99.4 cm³/mol. The van der Waals surface area contributed by atoms with Crippen LogP contribution in [-0.4, -0.2) is 20.1 Å². The Bertz CT molecular complexity index is 1010. The number of halogens is 3. The largest absolute Gasteiger partial charge is 0.322 e. The number of sulfonamides is 1. The van der Waals surface area contributed by atoms with Crippen molar-refractivity contribution in [2.45, 2.75) is 25.8 Å². The first-order chi connectivity index (χ1) is 12.7. The molecule has 0 heterocycles. The van der Waals surface area contributed by atoms with Crippen LogP contribution >= 0.6 is 11.6 Å². The van der Waals surface area contributed by atoms with Crippen molar-refractivity contribution in [1.29, 1.82) is 0 Å². The topological polar surface area (TPSA) is 75.3 Å². The van der Waals surface area contributed by atoms with Gasteiger partial charge in [0.15, 0.2) is 0 Å². The lowest BCUT2D eigenvalue weighted by molar-refractivity contribution is 0.102. The number of nitrogens with one attached hydrogen (secondary N) is 2. The van der Waals surface area contributed by atoms with Crippen molar-refractivity contribution in [3.63, 3.8) is 0 Å². The van der Waals surface area contributed by atoms with Gasteiger partial charge in [-0.1, -0.05) is 11.6 Å². The quantitative estimate of drug-likeness (QED) is 0.781. The Morgan fingerprint density at radius 3 is 2.59 bits per heavy atom. The van der Waals surface area contributed by atoms with Crippen LogP contribution in [0.5, 0.6) is 0 Å². The number of carbonyl (C=O) groups excluding carboxylic acids is 1. The average molecular weight is 415 g/mol. The normalized spacial score (nSPS) is 16.2. The molecule has 0 fully saturated rings. The lowest BCUT2D eigenvalue weighted by Gasteiger charge is -2.15. The zero-order valence-electron chi connectivity index (χ0n) is 14.4. The highest BCUT2D eigenvalue weighted by Gasteiger charge is 2.32. The number of fused-ring (bicyclic) bond motifs is 1. The Morgan fingerprint density at radius 2 is 1.93 bits per heavy atom. The van der Waals surface area contributed by atoms with Gasteiger partial charge in [-0.25, -0.2) is 21.9 Å². The van der Waals surface area contributed by atoms with Gasteiger partial charge in [-0.05, 0) is 55.7 Å². The third-order valence-corrected chi connectivity index (χ3v) is 6.15. The van der Waals surface area contributed by atoms with Crippen molar-refractivity contribution in [2.24, 2.45) is 0 Å². The van der Waals surface area contributed by atoms with Crippen molar-refractivity contribution >= 4 is 33.2 Å². The number of anilines is 1. The molecule has 0 unspecified atom stereocenters. The number of rotatable bonds is 5. The van der Waals surface area contributed by atoms with Crippen LogP contribution in [0.1, 0.15) is 40.9 Å². The molecular formula is C18H17ClF2N2O3S. The summed E-state index contributed by atoms with van der Waals surface area (Å²) >= 11 is 5.71. The van der Waals surface area contributed by atoms with E-state index in [4.69, 9.17) is 11.6 Å². The summed E-state index contributed by atoms with van der Waals surface area (Å²) in [6.07, 6.45) is 0.717. The Kier molecular flexibility index (Phi) is 5.50. The van der Waals surface area contributed by atoms with Crippen LogP contribution < -0.4 is 10.0 Å². The molecular weight excluding hydrogens is 398 g/mol. The molecule has 3 rings (SSSR count). The number of amides is 1. The minimum atomic E-state index is -3.52. The highest BCUT2D eigenvalue weighted by Crippen LogP contribution is 2.36. The fraction of sp³-hybridized carbons (Fsp3) is 0.278. The van der Waals surface area contributed by atoms with E-state index in [1.54, 1.807) is 0 Å². The molecule has 0 saturated carbocycles. The van der Waals surface area contributed by atoms with Crippen molar-refractivity contribution in [3.8, 4) is 0 Å². The van der Waals surface area contributed by atoms with Crippen LogP contribution in [0.25, 0.3) is 0 Å². The minimum Gasteiger partial charge on any atom is -0.322 e. The molecule has 2 aromatic rings. The molecule has 9 heteroatoms. The van der Waals surface area contributed by atoms with Crippen LogP contribution in [0.4, 0.5) is 14.5 Å². The number of hydrogen-bond acceptors (Lipinski definition) is 3. The van der Waals surface area contributed by atoms with Crippen LogP contribution in [-0.2, 0) is 16.4 Å². The van der Waals surface area contributed by atoms with Crippen molar-refractivity contribution in [1.82, 2.24) is 4.72 Å². The first-order valence-electron chi connectivity index (χ1n) is 8.29.